The molecule has 0 saturated carbocycles. The molecule has 9 heteroatoms. The summed E-state index contributed by atoms with van der Waals surface area (Å²) in [6.07, 6.45) is 2.63. The Labute approximate surface area is 175 Å². The molecule has 0 aromatic carbocycles. The van der Waals surface area contributed by atoms with E-state index in [1.54, 1.807) is 23.2 Å². The lowest BCUT2D eigenvalue weighted by molar-refractivity contribution is 0.0728. The number of sulfonamides is 1. The molecule has 29 heavy (non-hydrogen) atoms. The molecule has 0 atom stereocenters. The summed E-state index contributed by atoms with van der Waals surface area (Å²) in [4.78, 5) is 18.6. The number of hydrogen-bond acceptors (Lipinski definition) is 6. The second-order valence-corrected chi connectivity index (χ2v) is 10.6. The van der Waals surface area contributed by atoms with Crippen molar-refractivity contribution >= 4 is 27.3 Å². The van der Waals surface area contributed by atoms with Gasteiger partial charge < -0.3 is 9.32 Å². The normalized spacial score (nSPS) is 19.6. The number of furan rings is 1. The summed E-state index contributed by atoms with van der Waals surface area (Å²) < 4.78 is 32.8. The predicted molar refractivity (Wildman–Crippen MR) is 112 cm³/mol. The fourth-order valence-corrected chi connectivity index (χ4v) is 6.43. The zero-order valence-corrected chi connectivity index (χ0v) is 18.3. The minimum atomic E-state index is -3.60. The third-order valence-corrected chi connectivity index (χ3v) is 8.47. The van der Waals surface area contributed by atoms with Crippen molar-refractivity contribution in [3.05, 3.63) is 40.0 Å². The van der Waals surface area contributed by atoms with Crippen LogP contribution >= 0.6 is 11.3 Å². The molecule has 0 aliphatic carbocycles. The van der Waals surface area contributed by atoms with Crippen molar-refractivity contribution in [3.8, 4) is 0 Å². The highest BCUT2D eigenvalue weighted by atomic mass is 32.2. The fraction of sp³-hybridized carbons (Fsp3) is 0.550. The first kappa shape index (κ1) is 20.6. The third kappa shape index (κ3) is 4.42. The van der Waals surface area contributed by atoms with Gasteiger partial charge in [0.05, 0.1) is 0 Å². The zero-order chi connectivity index (χ0) is 20.4. The smallest absolute Gasteiger partial charge is 0.289 e. The molecule has 0 spiro atoms. The van der Waals surface area contributed by atoms with Crippen LogP contribution in [0.2, 0.25) is 0 Å². The van der Waals surface area contributed by atoms with Crippen molar-refractivity contribution in [1.29, 1.82) is 0 Å². The van der Waals surface area contributed by atoms with E-state index in [9.17, 15) is 13.2 Å². The number of carbonyl (C=O) groups excluding carboxylic acids is 1. The maximum atomic E-state index is 13.0. The lowest BCUT2D eigenvalue weighted by Crippen LogP contribution is -2.34. The van der Waals surface area contributed by atoms with Crippen LogP contribution in [0, 0.1) is 6.92 Å². The van der Waals surface area contributed by atoms with E-state index in [0.717, 1.165) is 38.9 Å². The van der Waals surface area contributed by atoms with Crippen molar-refractivity contribution < 1.29 is 17.6 Å². The summed E-state index contributed by atoms with van der Waals surface area (Å²) in [6, 6.07) is 5.60. The number of amides is 1. The summed E-state index contributed by atoms with van der Waals surface area (Å²) in [5.74, 6) is 0.176. The highest BCUT2D eigenvalue weighted by molar-refractivity contribution is 7.89. The first-order chi connectivity index (χ1) is 13.9. The topological polar surface area (TPSA) is 74.1 Å². The van der Waals surface area contributed by atoms with Gasteiger partial charge in [0.1, 0.15) is 10.7 Å². The van der Waals surface area contributed by atoms with Gasteiger partial charge in [-0.1, -0.05) is 6.07 Å². The number of hydrogen-bond donors (Lipinski definition) is 0. The molecule has 7 nitrogen and oxygen atoms in total. The van der Waals surface area contributed by atoms with Crippen LogP contribution in [-0.2, 0) is 16.6 Å². The molecule has 2 aliphatic rings. The van der Waals surface area contributed by atoms with Gasteiger partial charge in [-0.3, -0.25) is 9.69 Å². The second-order valence-electron chi connectivity index (χ2n) is 7.64. The Morgan fingerprint density at radius 3 is 2.62 bits per heavy atom. The molecule has 4 rings (SSSR count). The van der Waals surface area contributed by atoms with Crippen LogP contribution in [0.3, 0.4) is 0 Å². The molecule has 2 aliphatic heterocycles. The standard InChI is InChI=1S/C20H27N3O4S2/c1-16-19(29(25,26)23-9-2-3-10-23)14-18(27-16)20(24)22-8-5-7-21(11-12-22)15-17-6-4-13-28-17/h4,6,13-14H,2-3,5,7-12,15H2,1H3. The summed E-state index contributed by atoms with van der Waals surface area (Å²) in [5.41, 5.74) is 0. The van der Waals surface area contributed by atoms with Gasteiger partial charge in [0.25, 0.3) is 5.91 Å². The first-order valence-corrected chi connectivity index (χ1v) is 12.4. The average Bonchev–Trinajstić information content (AvgIpc) is 3.43. The zero-order valence-electron chi connectivity index (χ0n) is 16.7. The summed E-state index contributed by atoms with van der Waals surface area (Å²) >= 11 is 1.75. The van der Waals surface area contributed by atoms with Crippen LogP contribution < -0.4 is 0 Å². The summed E-state index contributed by atoms with van der Waals surface area (Å²) in [5, 5.41) is 2.08. The number of rotatable bonds is 5. The monoisotopic (exact) mass is 437 g/mol. The van der Waals surface area contributed by atoms with E-state index in [1.807, 2.05) is 0 Å². The largest absolute Gasteiger partial charge is 0.455 e. The van der Waals surface area contributed by atoms with Crippen LogP contribution in [0.1, 0.15) is 40.5 Å². The Balaban J connectivity index is 1.44. The molecule has 0 bridgehead atoms. The molecule has 0 unspecified atom stereocenters. The molecule has 2 aromatic rings. The highest BCUT2D eigenvalue weighted by Gasteiger charge is 2.32. The summed E-state index contributed by atoms with van der Waals surface area (Å²) in [7, 11) is -3.60. The van der Waals surface area contributed by atoms with E-state index in [1.165, 1.54) is 15.2 Å². The Hall–Kier alpha value is -1.68. The van der Waals surface area contributed by atoms with Gasteiger partial charge in [-0.15, -0.1) is 11.3 Å². The van der Waals surface area contributed by atoms with Crippen LogP contribution in [0.15, 0.2) is 32.9 Å². The van der Waals surface area contributed by atoms with Crippen molar-refractivity contribution in [2.45, 2.75) is 37.6 Å². The molecule has 158 valence electrons. The van der Waals surface area contributed by atoms with Gasteiger partial charge in [0, 0.05) is 56.8 Å². The van der Waals surface area contributed by atoms with Crippen molar-refractivity contribution in [2.24, 2.45) is 0 Å². The number of carbonyl (C=O) groups is 1. The maximum absolute atomic E-state index is 13.0. The quantitative estimate of drug-likeness (QED) is 0.719. The van der Waals surface area contributed by atoms with Gasteiger partial charge >= 0.3 is 0 Å². The highest BCUT2D eigenvalue weighted by Crippen LogP contribution is 2.27. The van der Waals surface area contributed by atoms with Gasteiger partial charge in [0.2, 0.25) is 10.0 Å². The number of nitrogens with zero attached hydrogens (tertiary/aromatic N) is 3. The average molecular weight is 438 g/mol. The van der Waals surface area contributed by atoms with Crippen LogP contribution in [0.25, 0.3) is 0 Å². The van der Waals surface area contributed by atoms with Crippen molar-refractivity contribution in [3.63, 3.8) is 0 Å². The summed E-state index contributed by atoms with van der Waals surface area (Å²) in [6.45, 7) is 6.56. The Kier molecular flexibility index (Phi) is 6.10. The van der Waals surface area contributed by atoms with E-state index < -0.39 is 10.0 Å². The minimum absolute atomic E-state index is 0.118. The minimum Gasteiger partial charge on any atom is -0.455 e. The Bertz CT molecular complexity index is 947. The van der Waals surface area contributed by atoms with E-state index in [4.69, 9.17) is 4.42 Å². The molecule has 2 aromatic heterocycles. The Morgan fingerprint density at radius 1 is 1.10 bits per heavy atom. The van der Waals surface area contributed by atoms with Gasteiger partial charge in [0.15, 0.2) is 5.76 Å². The molecule has 1 amide bonds. The molecular weight excluding hydrogens is 410 g/mol. The first-order valence-electron chi connectivity index (χ1n) is 10.1. The van der Waals surface area contributed by atoms with Crippen molar-refractivity contribution in [2.75, 3.05) is 39.3 Å². The molecule has 2 saturated heterocycles. The fourth-order valence-electron chi connectivity index (χ4n) is 4.01. The van der Waals surface area contributed by atoms with E-state index in [-0.39, 0.29) is 22.3 Å². The SMILES string of the molecule is Cc1oc(C(=O)N2CCCN(Cc3cccs3)CC2)cc1S(=O)(=O)N1CCCC1. The molecule has 0 N–H and O–H groups in total. The predicted octanol–water partition coefficient (Wildman–Crippen LogP) is 2.78. The maximum Gasteiger partial charge on any atom is 0.289 e. The third-order valence-electron chi connectivity index (χ3n) is 5.60. The van der Waals surface area contributed by atoms with Crippen LogP contribution in [-0.4, -0.2) is 67.7 Å². The van der Waals surface area contributed by atoms with Gasteiger partial charge in [-0.05, 0) is 37.6 Å². The van der Waals surface area contributed by atoms with Gasteiger partial charge in [-0.25, -0.2) is 8.42 Å². The lowest BCUT2D eigenvalue weighted by atomic mass is 10.3. The van der Waals surface area contributed by atoms with Crippen molar-refractivity contribution in [1.82, 2.24) is 14.1 Å². The van der Waals surface area contributed by atoms with E-state index in [0.29, 0.717) is 26.2 Å². The van der Waals surface area contributed by atoms with Crippen LogP contribution in [0.5, 0.6) is 0 Å². The number of aryl methyl sites for hydroxylation is 1. The van der Waals surface area contributed by atoms with E-state index in [2.05, 4.69) is 22.4 Å². The lowest BCUT2D eigenvalue weighted by Gasteiger charge is -2.20. The second kappa shape index (κ2) is 8.59. The molecule has 0 radical (unpaired) electrons. The molecule has 4 heterocycles. The van der Waals surface area contributed by atoms with E-state index >= 15 is 0 Å². The molecule has 2 fully saturated rings. The van der Waals surface area contributed by atoms with Gasteiger partial charge in [-0.2, -0.15) is 4.31 Å². The van der Waals surface area contributed by atoms with Crippen LogP contribution in [0.4, 0.5) is 0 Å². The molecular formula is C20H27N3O4S2. The Morgan fingerprint density at radius 2 is 1.90 bits per heavy atom. The number of thiophene rings is 1.